The minimum absolute atomic E-state index is 0.0114. The molecule has 1 aliphatic rings. The fourth-order valence-corrected chi connectivity index (χ4v) is 4.75. The van der Waals surface area contributed by atoms with Gasteiger partial charge in [0.05, 0.1) is 45.1 Å². The molecule has 0 amide bonds. The van der Waals surface area contributed by atoms with Crippen molar-refractivity contribution in [3.05, 3.63) is 61.9 Å². The van der Waals surface area contributed by atoms with Crippen LogP contribution in [-0.2, 0) is 6.61 Å². The molecular formula is C23H23ClF2N4O4. The normalized spacial score (nSPS) is 15.0. The van der Waals surface area contributed by atoms with E-state index in [0.29, 0.717) is 19.5 Å². The molecule has 0 aliphatic carbocycles. The van der Waals surface area contributed by atoms with Crippen molar-refractivity contribution in [2.75, 3.05) is 23.7 Å². The summed E-state index contributed by atoms with van der Waals surface area (Å²) in [7, 11) is 0. The minimum atomic E-state index is -1.54. The Kier molecular flexibility index (Phi) is 5.79. The molecule has 0 atom stereocenters. The number of hydrogen-bond donors (Lipinski definition) is 4. The molecule has 11 heteroatoms. The van der Waals surface area contributed by atoms with Crippen LogP contribution in [-0.4, -0.2) is 39.4 Å². The van der Waals surface area contributed by atoms with Crippen LogP contribution >= 0.6 is 11.6 Å². The van der Waals surface area contributed by atoms with Gasteiger partial charge in [0, 0.05) is 30.4 Å². The highest BCUT2D eigenvalue weighted by Crippen LogP contribution is 2.42. The molecule has 2 aromatic carbocycles. The van der Waals surface area contributed by atoms with Gasteiger partial charge in [-0.3, -0.25) is 4.79 Å². The third-order valence-corrected chi connectivity index (χ3v) is 6.78. The van der Waals surface area contributed by atoms with Crippen molar-refractivity contribution in [1.82, 2.24) is 4.57 Å². The molecule has 34 heavy (non-hydrogen) atoms. The molecular weight excluding hydrogens is 470 g/mol. The van der Waals surface area contributed by atoms with E-state index in [-0.39, 0.29) is 44.1 Å². The Morgan fingerprint density at radius 1 is 1.29 bits per heavy atom. The van der Waals surface area contributed by atoms with Gasteiger partial charge in [0.15, 0.2) is 5.82 Å². The van der Waals surface area contributed by atoms with E-state index in [0.717, 1.165) is 12.3 Å². The lowest BCUT2D eigenvalue weighted by Gasteiger charge is -2.49. The number of aliphatic hydroxyl groups excluding tert-OH is 1. The number of anilines is 2. The first-order valence-electron chi connectivity index (χ1n) is 10.5. The zero-order chi connectivity index (χ0) is 25.1. The molecule has 0 radical (unpaired) electrons. The molecule has 1 aromatic heterocycles. The Labute approximate surface area is 197 Å². The van der Waals surface area contributed by atoms with E-state index in [1.54, 1.807) is 4.90 Å². The van der Waals surface area contributed by atoms with Crippen molar-refractivity contribution in [3.63, 3.8) is 0 Å². The van der Waals surface area contributed by atoms with Gasteiger partial charge < -0.3 is 31.1 Å². The lowest BCUT2D eigenvalue weighted by atomic mass is 9.87. The van der Waals surface area contributed by atoms with E-state index in [9.17, 15) is 24.2 Å². The second kappa shape index (κ2) is 8.23. The molecule has 0 unspecified atom stereocenters. The van der Waals surface area contributed by atoms with Crippen molar-refractivity contribution in [2.45, 2.75) is 32.4 Å². The van der Waals surface area contributed by atoms with Crippen molar-refractivity contribution in [1.29, 1.82) is 0 Å². The lowest BCUT2D eigenvalue weighted by Crippen LogP contribution is -2.67. The van der Waals surface area contributed by atoms with Crippen LogP contribution in [0.2, 0.25) is 5.02 Å². The van der Waals surface area contributed by atoms with Gasteiger partial charge in [-0.05, 0) is 25.5 Å². The lowest BCUT2D eigenvalue weighted by molar-refractivity contribution is 0.0695. The van der Waals surface area contributed by atoms with Crippen molar-refractivity contribution in [3.8, 4) is 5.69 Å². The van der Waals surface area contributed by atoms with Crippen LogP contribution in [0.4, 0.5) is 20.2 Å². The predicted molar refractivity (Wildman–Crippen MR) is 126 cm³/mol. The number of nitrogens with zero attached hydrogens (tertiary/aromatic N) is 2. The summed E-state index contributed by atoms with van der Waals surface area (Å²) in [6, 6.07) is 2.19. The number of nitrogen functional groups attached to an aromatic ring is 1. The van der Waals surface area contributed by atoms with E-state index in [1.807, 2.05) is 6.92 Å². The summed E-state index contributed by atoms with van der Waals surface area (Å²) in [5.74, 6) is -3.09. The predicted octanol–water partition coefficient (Wildman–Crippen LogP) is 2.93. The third kappa shape index (κ3) is 3.49. The van der Waals surface area contributed by atoms with Crippen LogP contribution < -0.4 is 21.8 Å². The number of aromatic carboxylic acids is 1. The highest BCUT2D eigenvalue weighted by atomic mass is 35.5. The molecule has 0 saturated carbocycles. The minimum Gasteiger partial charge on any atom is -0.477 e. The zero-order valence-corrected chi connectivity index (χ0v) is 19.2. The Morgan fingerprint density at radius 2 is 1.94 bits per heavy atom. The van der Waals surface area contributed by atoms with Gasteiger partial charge in [-0.15, -0.1) is 0 Å². The summed E-state index contributed by atoms with van der Waals surface area (Å²) in [6.45, 7) is 3.31. The van der Waals surface area contributed by atoms with Gasteiger partial charge in [-0.2, -0.15) is 0 Å². The first kappa shape index (κ1) is 23.9. The third-order valence-electron chi connectivity index (χ3n) is 6.43. The maximum absolute atomic E-state index is 15.6. The smallest absolute Gasteiger partial charge is 0.341 e. The van der Waals surface area contributed by atoms with Crippen LogP contribution in [0.15, 0.2) is 23.1 Å². The topological polar surface area (TPSA) is 135 Å². The van der Waals surface area contributed by atoms with Crippen LogP contribution in [0.3, 0.4) is 0 Å². The van der Waals surface area contributed by atoms with Crippen LogP contribution in [0, 0.1) is 18.6 Å². The molecule has 0 spiro atoms. The van der Waals surface area contributed by atoms with E-state index >= 15 is 4.39 Å². The Morgan fingerprint density at radius 3 is 2.50 bits per heavy atom. The molecule has 6 N–H and O–H groups in total. The summed E-state index contributed by atoms with van der Waals surface area (Å²) in [6.07, 6.45) is 1.68. The highest BCUT2D eigenvalue weighted by molar-refractivity contribution is 6.38. The average Bonchev–Trinajstić information content (AvgIpc) is 2.77. The number of benzene rings is 2. The fraction of sp³-hybridized carbons (Fsp3) is 0.304. The fourth-order valence-electron chi connectivity index (χ4n) is 4.36. The van der Waals surface area contributed by atoms with Gasteiger partial charge in [0.25, 0.3) is 0 Å². The number of nitrogens with two attached hydrogens (primary N) is 2. The van der Waals surface area contributed by atoms with Crippen molar-refractivity contribution >= 4 is 39.8 Å². The number of carboxylic acids is 1. The van der Waals surface area contributed by atoms with E-state index in [1.165, 1.54) is 17.6 Å². The largest absolute Gasteiger partial charge is 0.477 e. The Hall–Kier alpha value is -3.21. The Balaban J connectivity index is 2.15. The summed E-state index contributed by atoms with van der Waals surface area (Å²) >= 11 is 6.69. The number of fused-ring (bicyclic) bond motifs is 1. The van der Waals surface area contributed by atoms with E-state index < -0.39 is 40.7 Å². The number of aliphatic hydroxyl groups is 1. The summed E-state index contributed by atoms with van der Waals surface area (Å²) < 4.78 is 30.9. The quantitative estimate of drug-likeness (QED) is 0.402. The Bertz CT molecular complexity index is 1420. The van der Waals surface area contributed by atoms with Crippen LogP contribution in [0.5, 0.6) is 0 Å². The second-order valence-electron chi connectivity index (χ2n) is 8.60. The first-order chi connectivity index (χ1) is 15.9. The number of carboxylic acid groups (broad SMARTS) is 1. The monoisotopic (exact) mass is 492 g/mol. The maximum atomic E-state index is 15.6. The van der Waals surface area contributed by atoms with Gasteiger partial charge in [0.1, 0.15) is 11.4 Å². The second-order valence-corrected chi connectivity index (χ2v) is 8.98. The SMILES string of the molecule is CCC1(N)CN(c2c(F)c(C)c3c(=O)c(C(=O)O)cn(-c4cc(N)c(F)cc4CO)c3c2Cl)C1. The van der Waals surface area contributed by atoms with E-state index in [4.69, 9.17) is 23.1 Å². The molecule has 8 nitrogen and oxygen atoms in total. The van der Waals surface area contributed by atoms with Gasteiger partial charge in [-0.1, -0.05) is 18.5 Å². The summed E-state index contributed by atoms with van der Waals surface area (Å²) in [5, 5.41) is 19.1. The number of rotatable bonds is 5. The molecule has 1 aliphatic heterocycles. The maximum Gasteiger partial charge on any atom is 0.341 e. The first-order valence-corrected chi connectivity index (χ1v) is 10.8. The van der Waals surface area contributed by atoms with Gasteiger partial charge >= 0.3 is 5.97 Å². The molecule has 3 aromatic rings. The standard InChI is InChI=1S/C23H23ClF2N4O4/c1-3-23(28)8-29(9-23)20-17(24)19-16(10(2)18(20)26)21(32)12(22(33)34)6-30(19)15-5-14(27)13(25)4-11(15)7-31/h4-6,31H,3,7-9,27-28H2,1-2H3,(H,33,34). The molecule has 1 saturated heterocycles. The molecule has 0 bridgehead atoms. The number of carbonyl (C=O) groups is 1. The van der Waals surface area contributed by atoms with Crippen molar-refractivity contribution in [2.24, 2.45) is 5.73 Å². The number of aryl methyl sites for hydroxylation is 1. The van der Waals surface area contributed by atoms with Gasteiger partial charge in [0.2, 0.25) is 5.43 Å². The number of aromatic nitrogens is 1. The zero-order valence-electron chi connectivity index (χ0n) is 18.5. The molecule has 4 rings (SSSR count). The average molecular weight is 493 g/mol. The van der Waals surface area contributed by atoms with Crippen LogP contribution in [0.1, 0.15) is 34.8 Å². The van der Waals surface area contributed by atoms with Gasteiger partial charge in [-0.25, -0.2) is 13.6 Å². The number of hydrogen-bond acceptors (Lipinski definition) is 6. The molecule has 1 fully saturated rings. The van der Waals surface area contributed by atoms with Crippen LogP contribution in [0.25, 0.3) is 16.6 Å². The highest BCUT2D eigenvalue weighted by Gasteiger charge is 2.41. The molecule has 2 heterocycles. The van der Waals surface area contributed by atoms with Crippen molar-refractivity contribution < 1.29 is 23.8 Å². The number of halogens is 3. The molecule has 180 valence electrons. The number of pyridine rings is 1. The summed E-state index contributed by atoms with van der Waals surface area (Å²) in [4.78, 5) is 26.6. The summed E-state index contributed by atoms with van der Waals surface area (Å²) in [5.41, 5.74) is 9.72. The van der Waals surface area contributed by atoms with E-state index in [2.05, 4.69) is 0 Å².